The van der Waals surface area contributed by atoms with Crippen LogP contribution in [-0.4, -0.2) is 29.4 Å². The number of benzene rings is 1. The molecule has 0 saturated carbocycles. The fraction of sp³-hybridized carbons (Fsp3) is 0.357. The van der Waals surface area contributed by atoms with Crippen LogP contribution in [0.2, 0.25) is 0 Å². The van der Waals surface area contributed by atoms with Gasteiger partial charge in [0, 0.05) is 7.05 Å². The quantitative estimate of drug-likeness (QED) is 0.589. The molecule has 1 aliphatic heterocycles. The van der Waals surface area contributed by atoms with Gasteiger partial charge in [-0.3, -0.25) is 4.79 Å². The maximum atomic E-state index is 13.0. The van der Waals surface area contributed by atoms with Gasteiger partial charge in [-0.15, -0.1) is 0 Å². The average molecular weight is 311 g/mol. The zero-order valence-electron chi connectivity index (χ0n) is 12.0. The predicted octanol–water partition coefficient (Wildman–Crippen LogP) is 3.43. The van der Waals surface area contributed by atoms with Crippen LogP contribution < -0.4 is 4.90 Å². The molecule has 0 aromatic heterocycles. The van der Waals surface area contributed by atoms with Crippen LogP contribution in [0.4, 0.5) is 29.3 Å². The normalized spacial score (nSPS) is 17.9. The van der Waals surface area contributed by atoms with Crippen molar-refractivity contribution in [3.05, 3.63) is 35.2 Å². The van der Waals surface area contributed by atoms with Crippen LogP contribution in [0.15, 0.2) is 18.2 Å². The smallest absolute Gasteiger partial charge is 0.313 e. The highest BCUT2D eigenvalue weighted by Gasteiger charge is 2.50. The van der Waals surface area contributed by atoms with Crippen LogP contribution in [0.25, 0.3) is 4.85 Å². The van der Waals surface area contributed by atoms with Crippen LogP contribution in [0.1, 0.15) is 19.4 Å². The molecule has 0 atom stereocenters. The second-order valence-electron chi connectivity index (χ2n) is 5.35. The van der Waals surface area contributed by atoms with Gasteiger partial charge in [0.05, 0.1) is 17.8 Å². The fourth-order valence-electron chi connectivity index (χ4n) is 2.11. The molecule has 0 N–H and O–H groups in total. The second-order valence-corrected chi connectivity index (χ2v) is 5.35. The predicted molar refractivity (Wildman–Crippen MR) is 72.4 cm³/mol. The summed E-state index contributed by atoms with van der Waals surface area (Å²) in [4.78, 5) is 29.1. The van der Waals surface area contributed by atoms with Crippen molar-refractivity contribution in [2.45, 2.75) is 25.6 Å². The van der Waals surface area contributed by atoms with Gasteiger partial charge in [0.15, 0.2) is 5.69 Å². The number of halogens is 3. The van der Waals surface area contributed by atoms with Crippen molar-refractivity contribution in [1.29, 1.82) is 0 Å². The van der Waals surface area contributed by atoms with Gasteiger partial charge in [-0.05, 0) is 26.0 Å². The highest BCUT2D eigenvalue weighted by atomic mass is 19.4. The Bertz CT molecular complexity index is 704. The molecule has 0 spiro atoms. The first kappa shape index (κ1) is 15.8. The molecule has 1 fully saturated rings. The van der Waals surface area contributed by atoms with E-state index in [1.165, 1.54) is 20.9 Å². The molecule has 22 heavy (non-hydrogen) atoms. The van der Waals surface area contributed by atoms with Crippen LogP contribution in [0.3, 0.4) is 0 Å². The Morgan fingerprint density at radius 1 is 1.23 bits per heavy atom. The Hall–Kier alpha value is -2.56. The van der Waals surface area contributed by atoms with Crippen molar-refractivity contribution in [3.63, 3.8) is 0 Å². The van der Waals surface area contributed by atoms with Gasteiger partial charge in [-0.2, -0.15) is 13.2 Å². The summed E-state index contributed by atoms with van der Waals surface area (Å²) in [5.74, 6) is -0.622. The molecule has 116 valence electrons. The molecule has 2 rings (SSSR count). The van der Waals surface area contributed by atoms with E-state index in [4.69, 9.17) is 6.57 Å². The number of nitrogens with zero attached hydrogens (tertiary/aromatic N) is 3. The first-order valence-electron chi connectivity index (χ1n) is 6.23. The fourth-order valence-corrected chi connectivity index (χ4v) is 2.11. The van der Waals surface area contributed by atoms with E-state index < -0.39 is 34.9 Å². The highest BCUT2D eigenvalue weighted by molar-refractivity contribution is 6.22. The molecule has 0 aliphatic carbocycles. The third-order valence-electron chi connectivity index (χ3n) is 3.71. The number of alkyl halides is 3. The Morgan fingerprint density at radius 3 is 2.23 bits per heavy atom. The van der Waals surface area contributed by atoms with E-state index in [9.17, 15) is 22.8 Å². The number of anilines is 1. The maximum absolute atomic E-state index is 13.0. The van der Waals surface area contributed by atoms with Crippen LogP contribution >= 0.6 is 0 Å². The Labute approximate surface area is 124 Å². The maximum Gasteiger partial charge on any atom is 0.407 e. The number of hydrogen-bond acceptors (Lipinski definition) is 2. The third-order valence-corrected chi connectivity index (χ3v) is 3.71. The van der Waals surface area contributed by atoms with Crippen LogP contribution in [0.5, 0.6) is 0 Å². The van der Waals surface area contributed by atoms with E-state index >= 15 is 0 Å². The van der Waals surface area contributed by atoms with E-state index in [0.29, 0.717) is 11.0 Å². The lowest BCUT2D eigenvalue weighted by atomic mass is 10.0. The molecule has 5 nitrogen and oxygen atoms in total. The minimum atomic E-state index is -4.75. The van der Waals surface area contributed by atoms with Gasteiger partial charge in [0.25, 0.3) is 5.91 Å². The monoisotopic (exact) mass is 311 g/mol. The summed E-state index contributed by atoms with van der Waals surface area (Å²) in [6, 6.07) is 2.06. The topological polar surface area (TPSA) is 45.0 Å². The highest BCUT2D eigenvalue weighted by Crippen LogP contribution is 2.40. The van der Waals surface area contributed by atoms with Crippen molar-refractivity contribution in [2.24, 2.45) is 0 Å². The van der Waals surface area contributed by atoms with Gasteiger partial charge >= 0.3 is 12.2 Å². The Kier molecular flexibility index (Phi) is 3.40. The Balaban J connectivity index is 2.58. The zero-order chi connectivity index (χ0) is 16.9. The lowest BCUT2D eigenvalue weighted by Gasteiger charge is -2.22. The van der Waals surface area contributed by atoms with E-state index in [0.717, 1.165) is 17.0 Å². The number of likely N-dealkylation sites (N-methyl/N-ethyl adjacent to an activating group) is 1. The molecule has 8 heteroatoms. The molecule has 1 heterocycles. The first-order valence-corrected chi connectivity index (χ1v) is 6.23. The largest absolute Gasteiger partial charge is 0.407 e. The van der Waals surface area contributed by atoms with E-state index in [1.54, 1.807) is 0 Å². The van der Waals surface area contributed by atoms with Gasteiger partial charge < -0.3 is 4.90 Å². The minimum absolute atomic E-state index is 0.202. The first-order chi connectivity index (χ1) is 10.0. The van der Waals surface area contributed by atoms with Gasteiger partial charge in [0.2, 0.25) is 0 Å². The third kappa shape index (κ3) is 2.19. The van der Waals surface area contributed by atoms with Crippen molar-refractivity contribution in [2.75, 3.05) is 11.9 Å². The van der Waals surface area contributed by atoms with E-state index in [1.807, 2.05) is 0 Å². The number of urea groups is 1. The molecule has 0 bridgehead atoms. The number of amides is 3. The summed E-state index contributed by atoms with van der Waals surface area (Å²) in [5.41, 5.74) is -3.10. The van der Waals surface area contributed by atoms with Crippen molar-refractivity contribution >= 4 is 23.3 Å². The molecular formula is C14H12F3N3O2. The zero-order valence-corrected chi connectivity index (χ0v) is 12.0. The van der Waals surface area contributed by atoms with E-state index in [-0.39, 0.29) is 5.69 Å². The van der Waals surface area contributed by atoms with E-state index in [2.05, 4.69) is 4.85 Å². The molecule has 1 aromatic rings. The SMILES string of the molecule is [C-]#[N+]c1ccc(N2C(=O)N(C)C(C)(C)C2=O)cc1C(F)(F)F. The van der Waals surface area contributed by atoms with Gasteiger partial charge in [0.1, 0.15) is 5.54 Å². The second kappa shape index (κ2) is 4.73. The summed E-state index contributed by atoms with van der Waals surface area (Å²) in [7, 11) is 1.40. The molecule has 1 saturated heterocycles. The van der Waals surface area contributed by atoms with Crippen molar-refractivity contribution in [1.82, 2.24) is 4.90 Å². The molecule has 3 amide bonds. The lowest BCUT2D eigenvalue weighted by Crippen LogP contribution is -2.41. The summed E-state index contributed by atoms with van der Waals surface area (Å²) in [6.45, 7) is 9.80. The van der Waals surface area contributed by atoms with Crippen molar-refractivity contribution < 1.29 is 22.8 Å². The minimum Gasteiger partial charge on any atom is -0.313 e. The summed E-state index contributed by atoms with van der Waals surface area (Å²) in [5, 5.41) is 0. The summed E-state index contributed by atoms with van der Waals surface area (Å²) in [6.07, 6.45) is -4.75. The number of imide groups is 1. The molecule has 1 aromatic carbocycles. The summed E-state index contributed by atoms with van der Waals surface area (Å²) < 4.78 is 38.9. The van der Waals surface area contributed by atoms with Crippen molar-refractivity contribution in [3.8, 4) is 0 Å². The molecular weight excluding hydrogens is 299 g/mol. The van der Waals surface area contributed by atoms with Crippen LogP contribution in [0, 0.1) is 6.57 Å². The van der Waals surface area contributed by atoms with Crippen LogP contribution in [-0.2, 0) is 11.0 Å². The number of hydrogen-bond donors (Lipinski definition) is 0. The van der Waals surface area contributed by atoms with Gasteiger partial charge in [-0.25, -0.2) is 14.5 Å². The molecule has 1 aliphatic rings. The standard InChI is InChI=1S/C14H12F3N3O2/c1-13(2)11(21)20(12(22)19(13)4)8-5-6-10(18-3)9(7-8)14(15,16)17/h5-7H,1-2,4H3. The number of carbonyl (C=O) groups is 2. The summed E-state index contributed by atoms with van der Waals surface area (Å²) >= 11 is 0. The lowest BCUT2D eigenvalue weighted by molar-refractivity contribution is -0.136. The number of rotatable bonds is 1. The Morgan fingerprint density at radius 2 is 1.82 bits per heavy atom. The molecule has 0 radical (unpaired) electrons. The average Bonchev–Trinajstić information content (AvgIpc) is 2.58. The molecule has 0 unspecified atom stereocenters. The van der Waals surface area contributed by atoms with Gasteiger partial charge in [-0.1, -0.05) is 6.07 Å². The number of carbonyl (C=O) groups excluding carboxylic acids is 2.